The molecule has 0 saturated heterocycles. The van der Waals surface area contributed by atoms with E-state index in [2.05, 4.69) is 9.72 Å². The molecule has 150 valence electrons. The maximum Gasteiger partial charge on any atom is 0.305 e. The number of carbonyl (C=O) groups is 1. The van der Waals surface area contributed by atoms with Gasteiger partial charge in [-0.1, -0.05) is 42.5 Å². The van der Waals surface area contributed by atoms with Crippen molar-refractivity contribution in [1.29, 1.82) is 0 Å². The molecule has 3 rings (SSSR count). The predicted molar refractivity (Wildman–Crippen MR) is 116 cm³/mol. The van der Waals surface area contributed by atoms with Crippen LogP contribution in [0.25, 0.3) is 22.4 Å². The van der Waals surface area contributed by atoms with Gasteiger partial charge >= 0.3 is 5.97 Å². The molecule has 0 radical (unpaired) electrons. The molecule has 5 nitrogen and oxygen atoms in total. The number of rotatable bonds is 9. The molecule has 3 aromatic rings. The van der Waals surface area contributed by atoms with Gasteiger partial charge in [0.1, 0.15) is 0 Å². The molecule has 0 unspecified atom stereocenters. The molecular weight excluding hydrogens is 364 g/mol. The number of nitrogens with two attached hydrogens (primary N) is 1. The maximum absolute atomic E-state index is 11.2. The van der Waals surface area contributed by atoms with Crippen molar-refractivity contribution in [3.8, 4) is 28.3 Å². The number of pyridine rings is 1. The fourth-order valence-electron chi connectivity index (χ4n) is 3.05. The van der Waals surface area contributed by atoms with Gasteiger partial charge in [0.15, 0.2) is 0 Å². The van der Waals surface area contributed by atoms with Gasteiger partial charge in [-0.3, -0.25) is 4.79 Å². The van der Waals surface area contributed by atoms with Crippen LogP contribution >= 0.6 is 0 Å². The van der Waals surface area contributed by atoms with Crippen LogP contribution in [0, 0.1) is 0 Å². The molecule has 29 heavy (non-hydrogen) atoms. The highest BCUT2D eigenvalue weighted by atomic mass is 16.5. The van der Waals surface area contributed by atoms with Crippen molar-refractivity contribution >= 4 is 11.7 Å². The van der Waals surface area contributed by atoms with Gasteiger partial charge in [-0.2, -0.15) is 0 Å². The van der Waals surface area contributed by atoms with Gasteiger partial charge in [0, 0.05) is 23.7 Å². The Labute approximate surface area is 171 Å². The normalized spacial score (nSPS) is 10.5. The minimum Gasteiger partial charge on any atom is -0.478 e. The smallest absolute Gasteiger partial charge is 0.305 e. The van der Waals surface area contributed by atoms with Crippen molar-refractivity contribution in [2.75, 3.05) is 19.5 Å². The van der Waals surface area contributed by atoms with E-state index < -0.39 is 0 Å². The van der Waals surface area contributed by atoms with Crippen LogP contribution in [0.5, 0.6) is 5.88 Å². The Morgan fingerprint density at radius 2 is 1.69 bits per heavy atom. The van der Waals surface area contributed by atoms with Crippen LogP contribution in [0.1, 0.15) is 25.7 Å². The molecule has 0 bridgehead atoms. The van der Waals surface area contributed by atoms with Crippen LogP contribution in [0.2, 0.25) is 0 Å². The summed E-state index contributed by atoms with van der Waals surface area (Å²) in [4.78, 5) is 15.8. The molecule has 0 saturated carbocycles. The number of hydrogen-bond acceptors (Lipinski definition) is 5. The highest BCUT2D eigenvalue weighted by Crippen LogP contribution is 2.29. The standard InChI is InChI=1S/C24H26N2O3/c1-28-24(27)13-6-3-7-14-29-23-17-20(19-11-8-12-21(25)15-19)16-22(26-23)18-9-4-2-5-10-18/h2,4-5,8-12,15-17H,3,6-7,13-14,25H2,1H3. The number of nitrogen functional groups attached to an aromatic ring is 1. The maximum atomic E-state index is 11.2. The first-order valence-electron chi connectivity index (χ1n) is 9.79. The van der Waals surface area contributed by atoms with Crippen LogP contribution in [0.15, 0.2) is 66.7 Å². The number of unbranched alkanes of at least 4 members (excludes halogenated alkanes) is 2. The van der Waals surface area contributed by atoms with E-state index in [-0.39, 0.29) is 5.97 Å². The minimum absolute atomic E-state index is 0.171. The van der Waals surface area contributed by atoms with Gasteiger partial charge in [0.25, 0.3) is 0 Å². The number of carbonyl (C=O) groups excluding carboxylic acids is 1. The Balaban J connectivity index is 1.74. The summed E-state index contributed by atoms with van der Waals surface area (Å²) in [5, 5.41) is 0. The van der Waals surface area contributed by atoms with Gasteiger partial charge < -0.3 is 15.2 Å². The van der Waals surface area contributed by atoms with Crippen molar-refractivity contribution < 1.29 is 14.3 Å². The predicted octanol–water partition coefficient (Wildman–Crippen LogP) is 5.11. The Morgan fingerprint density at radius 1 is 0.897 bits per heavy atom. The van der Waals surface area contributed by atoms with Crippen LogP contribution in [-0.4, -0.2) is 24.7 Å². The number of esters is 1. The molecular formula is C24H26N2O3. The number of anilines is 1. The van der Waals surface area contributed by atoms with Gasteiger partial charge in [-0.05, 0) is 48.6 Å². The number of methoxy groups -OCH3 is 1. The molecule has 0 amide bonds. The second-order valence-corrected chi connectivity index (χ2v) is 6.81. The van der Waals surface area contributed by atoms with Crippen molar-refractivity contribution in [2.24, 2.45) is 0 Å². The molecule has 0 atom stereocenters. The topological polar surface area (TPSA) is 74.4 Å². The molecule has 1 heterocycles. The summed E-state index contributed by atoms with van der Waals surface area (Å²) in [6, 6.07) is 21.8. The average Bonchev–Trinajstić information content (AvgIpc) is 2.76. The Morgan fingerprint density at radius 3 is 2.45 bits per heavy atom. The highest BCUT2D eigenvalue weighted by molar-refractivity contribution is 5.73. The largest absolute Gasteiger partial charge is 0.478 e. The minimum atomic E-state index is -0.171. The number of nitrogens with zero attached hydrogens (tertiary/aromatic N) is 1. The van der Waals surface area contributed by atoms with Crippen molar-refractivity contribution in [3.05, 3.63) is 66.7 Å². The lowest BCUT2D eigenvalue weighted by atomic mass is 10.0. The molecule has 2 aromatic carbocycles. The molecule has 1 aromatic heterocycles. The fourth-order valence-corrected chi connectivity index (χ4v) is 3.05. The molecule has 5 heteroatoms. The van der Waals surface area contributed by atoms with E-state index in [4.69, 9.17) is 10.5 Å². The second-order valence-electron chi connectivity index (χ2n) is 6.81. The van der Waals surface area contributed by atoms with Crippen LogP contribution < -0.4 is 10.5 Å². The number of benzene rings is 2. The van der Waals surface area contributed by atoms with Crippen molar-refractivity contribution in [3.63, 3.8) is 0 Å². The zero-order chi connectivity index (χ0) is 20.5. The van der Waals surface area contributed by atoms with Gasteiger partial charge in [-0.15, -0.1) is 0 Å². The van der Waals surface area contributed by atoms with E-state index in [9.17, 15) is 4.79 Å². The van der Waals surface area contributed by atoms with E-state index >= 15 is 0 Å². The van der Waals surface area contributed by atoms with E-state index in [1.165, 1.54) is 7.11 Å². The molecule has 0 aliphatic rings. The first kappa shape index (κ1) is 20.4. The zero-order valence-electron chi connectivity index (χ0n) is 16.6. The SMILES string of the molecule is COC(=O)CCCCCOc1cc(-c2cccc(N)c2)cc(-c2ccccc2)n1. The van der Waals surface area contributed by atoms with Crippen molar-refractivity contribution in [2.45, 2.75) is 25.7 Å². The van der Waals surface area contributed by atoms with E-state index in [1.54, 1.807) is 0 Å². The number of hydrogen-bond donors (Lipinski definition) is 1. The Hall–Kier alpha value is -3.34. The second kappa shape index (κ2) is 10.3. The molecule has 0 fully saturated rings. The number of ether oxygens (including phenoxy) is 2. The summed E-state index contributed by atoms with van der Waals surface area (Å²) in [5.41, 5.74) is 10.6. The molecule has 2 N–H and O–H groups in total. The number of aromatic nitrogens is 1. The van der Waals surface area contributed by atoms with E-state index in [0.717, 1.165) is 41.6 Å². The van der Waals surface area contributed by atoms with Crippen LogP contribution in [0.4, 0.5) is 5.69 Å². The lowest BCUT2D eigenvalue weighted by Gasteiger charge is -2.11. The summed E-state index contributed by atoms with van der Waals surface area (Å²) in [6.45, 7) is 0.544. The van der Waals surface area contributed by atoms with Crippen LogP contribution in [0.3, 0.4) is 0 Å². The lowest BCUT2D eigenvalue weighted by molar-refractivity contribution is -0.140. The molecule has 0 aliphatic heterocycles. The average molecular weight is 390 g/mol. The quantitative estimate of drug-likeness (QED) is 0.312. The third-order valence-electron chi connectivity index (χ3n) is 4.59. The third-order valence-corrected chi connectivity index (χ3v) is 4.59. The van der Waals surface area contributed by atoms with Gasteiger partial charge in [0.05, 0.1) is 19.4 Å². The van der Waals surface area contributed by atoms with Gasteiger partial charge in [-0.25, -0.2) is 4.98 Å². The lowest BCUT2D eigenvalue weighted by Crippen LogP contribution is -2.02. The van der Waals surface area contributed by atoms with Crippen LogP contribution in [-0.2, 0) is 9.53 Å². The summed E-state index contributed by atoms with van der Waals surface area (Å²) < 4.78 is 10.6. The summed E-state index contributed by atoms with van der Waals surface area (Å²) in [7, 11) is 1.41. The highest BCUT2D eigenvalue weighted by Gasteiger charge is 2.08. The summed E-state index contributed by atoms with van der Waals surface area (Å²) in [6.07, 6.45) is 2.98. The third kappa shape index (κ3) is 6.07. The van der Waals surface area contributed by atoms with Crippen molar-refractivity contribution in [1.82, 2.24) is 4.98 Å². The Bertz CT molecular complexity index is 942. The Kier molecular flexibility index (Phi) is 7.22. The first-order valence-corrected chi connectivity index (χ1v) is 9.79. The first-order chi connectivity index (χ1) is 14.2. The fraction of sp³-hybridized carbons (Fsp3) is 0.250. The zero-order valence-corrected chi connectivity index (χ0v) is 16.6. The monoisotopic (exact) mass is 390 g/mol. The molecule has 0 aliphatic carbocycles. The summed E-state index contributed by atoms with van der Waals surface area (Å²) in [5.74, 6) is 0.409. The van der Waals surface area contributed by atoms with E-state index in [1.807, 2.05) is 66.7 Å². The van der Waals surface area contributed by atoms with E-state index in [0.29, 0.717) is 24.6 Å². The van der Waals surface area contributed by atoms with Gasteiger partial charge in [0.2, 0.25) is 5.88 Å². The summed E-state index contributed by atoms with van der Waals surface area (Å²) >= 11 is 0. The molecule has 0 spiro atoms.